The minimum atomic E-state index is -4.41. The summed E-state index contributed by atoms with van der Waals surface area (Å²) in [6, 6.07) is 0.975. The average Bonchev–Trinajstić information content (AvgIpc) is 2.28. The van der Waals surface area contributed by atoms with Gasteiger partial charge in [0, 0.05) is 16.7 Å². The van der Waals surface area contributed by atoms with E-state index in [2.05, 4.69) is 26.2 Å². The van der Waals surface area contributed by atoms with Crippen LogP contribution in [0.25, 0.3) is 0 Å². The van der Waals surface area contributed by atoms with E-state index in [1.165, 1.54) is 6.20 Å². The van der Waals surface area contributed by atoms with Crippen molar-refractivity contribution in [2.24, 2.45) is 5.92 Å². The molecule has 0 saturated heterocycles. The maximum Gasteiger partial charge on any atom is 0.419 e. The average molecular weight is 325 g/mol. The first kappa shape index (κ1) is 15.3. The predicted octanol–water partition coefficient (Wildman–Crippen LogP) is 4.71. The monoisotopic (exact) mass is 324 g/mol. The highest BCUT2D eigenvalue weighted by molar-refractivity contribution is 9.10. The summed E-state index contributed by atoms with van der Waals surface area (Å²) < 4.78 is 38.9. The third-order valence-electron chi connectivity index (χ3n) is 3.02. The SMILES string of the molecule is CCC(C)C(C)Nc1ncc(Br)cc1C(F)(F)F. The van der Waals surface area contributed by atoms with Crippen molar-refractivity contribution in [3.63, 3.8) is 0 Å². The fourth-order valence-corrected chi connectivity index (χ4v) is 1.81. The molecule has 2 atom stereocenters. The standard InChI is InChI=1S/C12H16BrF3N2/c1-4-7(2)8(3)18-11-10(12(14,15)16)5-9(13)6-17-11/h5-8H,4H2,1-3H3,(H,17,18). The van der Waals surface area contributed by atoms with Crippen LogP contribution in [-0.4, -0.2) is 11.0 Å². The third kappa shape index (κ3) is 3.86. The first-order valence-corrected chi connectivity index (χ1v) is 6.54. The number of hydrogen-bond acceptors (Lipinski definition) is 2. The van der Waals surface area contributed by atoms with E-state index in [4.69, 9.17) is 0 Å². The van der Waals surface area contributed by atoms with E-state index in [-0.39, 0.29) is 17.8 Å². The van der Waals surface area contributed by atoms with Crippen molar-refractivity contribution in [2.75, 3.05) is 5.32 Å². The van der Waals surface area contributed by atoms with Gasteiger partial charge in [-0.2, -0.15) is 13.2 Å². The van der Waals surface area contributed by atoms with E-state index in [9.17, 15) is 13.2 Å². The first-order valence-electron chi connectivity index (χ1n) is 5.75. The highest BCUT2D eigenvalue weighted by Crippen LogP contribution is 2.35. The van der Waals surface area contributed by atoms with Crippen LogP contribution in [0.3, 0.4) is 0 Å². The molecule has 2 unspecified atom stereocenters. The Balaban J connectivity index is 3.02. The van der Waals surface area contributed by atoms with Gasteiger partial charge in [0.15, 0.2) is 0 Å². The van der Waals surface area contributed by atoms with Crippen molar-refractivity contribution in [1.82, 2.24) is 4.98 Å². The summed E-state index contributed by atoms with van der Waals surface area (Å²) in [5.74, 6) is 0.162. The van der Waals surface area contributed by atoms with Gasteiger partial charge in [-0.05, 0) is 34.8 Å². The van der Waals surface area contributed by atoms with Crippen LogP contribution in [0.1, 0.15) is 32.8 Å². The van der Waals surface area contributed by atoms with Crippen molar-refractivity contribution in [2.45, 2.75) is 39.4 Å². The minimum Gasteiger partial charge on any atom is -0.367 e. The summed E-state index contributed by atoms with van der Waals surface area (Å²) in [5.41, 5.74) is -0.743. The van der Waals surface area contributed by atoms with Crippen LogP contribution >= 0.6 is 15.9 Å². The van der Waals surface area contributed by atoms with E-state index >= 15 is 0 Å². The zero-order valence-corrected chi connectivity index (χ0v) is 12.1. The summed E-state index contributed by atoms with van der Waals surface area (Å²) in [7, 11) is 0. The second kappa shape index (κ2) is 5.91. The molecule has 1 N–H and O–H groups in total. The van der Waals surface area contributed by atoms with Crippen LogP contribution in [0.5, 0.6) is 0 Å². The van der Waals surface area contributed by atoms with E-state index in [0.29, 0.717) is 4.47 Å². The van der Waals surface area contributed by atoms with Gasteiger partial charge in [-0.1, -0.05) is 20.3 Å². The maximum absolute atomic E-state index is 12.9. The quantitative estimate of drug-likeness (QED) is 0.867. The number of pyridine rings is 1. The fourth-order valence-electron chi connectivity index (χ4n) is 1.48. The van der Waals surface area contributed by atoms with Crippen molar-refractivity contribution < 1.29 is 13.2 Å². The predicted molar refractivity (Wildman–Crippen MR) is 69.5 cm³/mol. The highest BCUT2D eigenvalue weighted by Gasteiger charge is 2.35. The lowest BCUT2D eigenvalue weighted by molar-refractivity contribution is -0.137. The first-order chi connectivity index (χ1) is 8.25. The van der Waals surface area contributed by atoms with E-state index in [1.807, 2.05) is 20.8 Å². The normalized spacial score (nSPS) is 15.3. The van der Waals surface area contributed by atoms with E-state index < -0.39 is 11.7 Å². The molecular weight excluding hydrogens is 309 g/mol. The summed E-state index contributed by atoms with van der Waals surface area (Å²) in [6.07, 6.45) is -2.15. The lowest BCUT2D eigenvalue weighted by atomic mass is 10.0. The van der Waals surface area contributed by atoms with Gasteiger partial charge in [-0.3, -0.25) is 0 Å². The number of halogens is 4. The van der Waals surface area contributed by atoms with Crippen molar-refractivity contribution in [3.8, 4) is 0 Å². The summed E-state index contributed by atoms with van der Waals surface area (Å²) in [5, 5.41) is 2.84. The Hall–Kier alpha value is -0.780. The van der Waals surface area contributed by atoms with Crippen molar-refractivity contribution in [3.05, 3.63) is 22.3 Å². The van der Waals surface area contributed by atoms with Crippen molar-refractivity contribution >= 4 is 21.7 Å². The topological polar surface area (TPSA) is 24.9 Å². The molecular formula is C12H16BrF3N2. The molecule has 0 bridgehead atoms. The Morgan fingerprint density at radius 1 is 1.39 bits per heavy atom. The Kier molecular flexibility index (Phi) is 5.01. The van der Waals surface area contributed by atoms with Gasteiger partial charge in [0.25, 0.3) is 0 Å². The molecule has 0 amide bonds. The smallest absolute Gasteiger partial charge is 0.367 e. The summed E-state index contributed by atoms with van der Waals surface area (Å²) in [6.45, 7) is 5.85. The molecule has 2 nitrogen and oxygen atoms in total. The number of aromatic nitrogens is 1. The van der Waals surface area contributed by atoms with Gasteiger partial charge < -0.3 is 5.32 Å². The van der Waals surface area contributed by atoms with Crippen LogP contribution < -0.4 is 5.32 Å². The molecule has 1 aromatic heterocycles. The zero-order chi connectivity index (χ0) is 13.9. The largest absolute Gasteiger partial charge is 0.419 e. The Bertz CT molecular complexity index is 407. The molecule has 0 fully saturated rings. The van der Waals surface area contributed by atoms with Gasteiger partial charge in [0.05, 0.1) is 5.56 Å². The minimum absolute atomic E-state index is 0.0650. The highest BCUT2D eigenvalue weighted by atomic mass is 79.9. The summed E-state index contributed by atoms with van der Waals surface area (Å²) in [4.78, 5) is 3.82. The molecule has 0 aliphatic rings. The molecule has 0 spiro atoms. The van der Waals surface area contributed by atoms with Crippen LogP contribution in [0, 0.1) is 5.92 Å². The molecule has 1 rings (SSSR count). The molecule has 102 valence electrons. The number of hydrogen-bond donors (Lipinski definition) is 1. The van der Waals surface area contributed by atoms with Gasteiger partial charge in [-0.25, -0.2) is 4.98 Å². The maximum atomic E-state index is 12.9. The summed E-state index contributed by atoms with van der Waals surface area (Å²) >= 11 is 3.01. The zero-order valence-electron chi connectivity index (χ0n) is 10.5. The molecule has 0 aliphatic carbocycles. The van der Waals surface area contributed by atoms with Crippen LogP contribution in [0.15, 0.2) is 16.7 Å². The third-order valence-corrected chi connectivity index (χ3v) is 3.46. The van der Waals surface area contributed by atoms with Gasteiger partial charge in [-0.15, -0.1) is 0 Å². The second-order valence-corrected chi connectivity index (χ2v) is 5.28. The lowest BCUT2D eigenvalue weighted by Crippen LogP contribution is -2.25. The lowest BCUT2D eigenvalue weighted by Gasteiger charge is -2.22. The van der Waals surface area contributed by atoms with Crippen LogP contribution in [0.4, 0.5) is 19.0 Å². The van der Waals surface area contributed by atoms with E-state index in [1.54, 1.807) is 0 Å². The number of nitrogens with one attached hydrogen (secondary N) is 1. The molecule has 0 radical (unpaired) electrons. The van der Waals surface area contributed by atoms with Crippen LogP contribution in [-0.2, 0) is 6.18 Å². The van der Waals surface area contributed by atoms with Gasteiger partial charge in [0.1, 0.15) is 5.82 Å². The van der Waals surface area contributed by atoms with Crippen LogP contribution in [0.2, 0.25) is 0 Å². The van der Waals surface area contributed by atoms with E-state index in [0.717, 1.165) is 12.5 Å². The van der Waals surface area contributed by atoms with Crippen molar-refractivity contribution in [1.29, 1.82) is 0 Å². The van der Waals surface area contributed by atoms with Gasteiger partial charge in [0.2, 0.25) is 0 Å². The molecule has 1 heterocycles. The Morgan fingerprint density at radius 2 is 2.00 bits per heavy atom. The molecule has 0 aliphatic heterocycles. The number of nitrogens with zero attached hydrogens (tertiary/aromatic N) is 1. The molecule has 18 heavy (non-hydrogen) atoms. The molecule has 1 aromatic rings. The fraction of sp³-hybridized carbons (Fsp3) is 0.583. The molecule has 6 heteroatoms. The number of alkyl halides is 3. The molecule has 0 aromatic carbocycles. The Morgan fingerprint density at radius 3 is 2.50 bits per heavy atom. The number of rotatable bonds is 4. The second-order valence-electron chi connectivity index (χ2n) is 4.37. The van der Waals surface area contributed by atoms with Gasteiger partial charge >= 0.3 is 6.18 Å². The Labute approximate surface area is 113 Å². The molecule has 0 saturated carbocycles. The number of anilines is 1.